The Hall–Kier alpha value is -1.54. The van der Waals surface area contributed by atoms with Crippen LogP contribution in [0.1, 0.15) is 17.4 Å². The van der Waals surface area contributed by atoms with Crippen LogP contribution in [0.15, 0.2) is 53.1 Å². The van der Waals surface area contributed by atoms with Gasteiger partial charge in [-0.25, -0.2) is 0 Å². The van der Waals surface area contributed by atoms with Crippen LogP contribution in [0.2, 0.25) is 0 Å². The van der Waals surface area contributed by atoms with E-state index in [2.05, 4.69) is 29.6 Å². The zero-order valence-electron chi connectivity index (χ0n) is 8.81. The van der Waals surface area contributed by atoms with Crippen LogP contribution >= 0.6 is 0 Å². The molecule has 1 N–H and O–H groups in total. The van der Waals surface area contributed by atoms with Crippen LogP contribution in [-0.2, 0) is 6.42 Å². The van der Waals surface area contributed by atoms with Gasteiger partial charge >= 0.3 is 0 Å². The van der Waals surface area contributed by atoms with E-state index >= 15 is 0 Å². The smallest absolute Gasteiger partial charge is 0.121 e. The van der Waals surface area contributed by atoms with Gasteiger partial charge in [0.15, 0.2) is 0 Å². The molecule has 0 saturated carbocycles. The summed E-state index contributed by atoms with van der Waals surface area (Å²) in [4.78, 5) is 0. The van der Waals surface area contributed by atoms with E-state index in [9.17, 15) is 0 Å². The van der Waals surface area contributed by atoms with Crippen LogP contribution in [0, 0.1) is 0 Å². The third-order valence-corrected chi connectivity index (χ3v) is 2.52. The van der Waals surface area contributed by atoms with Gasteiger partial charge in [-0.2, -0.15) is 0 Å². The molecule has 2 nitrogen and oxygen atoms in total. The van der Waals surface area contributed by atoms with Crippen LogP contribution in [0.3, 0.4) is 0 Å². The lowest BCUT2D eigenvalue weighted by Crippen LogP contribution is -2.18. The summed E-state index contributed by atoms with van der Waals surface area (Å²) in [7, 11) is 1.95. The molecule has 0 aliphatic carbocycles. The molecule has 1 aromatic carbocycles. The highest BCUT2D eigenvalue weighted by Gasteiger charge is 2.11. The predicted octanol–water partition coefficient (Wildman–Crippen LogP) is 2.78. The summed E-state index contributed by atoms with van der Waals surface area (Å²) in [5, 5.41) is 3.26. The Labute approximate surface area is 89.9 Å². The molecule has 0 saturated heterocycles. The van der Waals surface area contributed by atoms with Crippen LogP contribution < -0.4 is 5.32 Å². The van der Waals surface area contributed by atoms with Crippen LogP contribution in [0.25, 0.3) is 0 Å². The number of furan rings is 1. The van der Waals surface area contributed by atoms with Gasteiger partial charge in [-0.05, 0) is 31.2 Å². The SMILES string of the molecule is CNC(Cc1ccccc1)c1ccco1. The van der Waals surface area contributed by atoms with Gasteiger partial charge in [-0.1, -0.05) is 30.3 Å². The van der Waals surface area contributed by atoms with Crippen molar-refractivity contribution in [3.63, 3.8) is 0 Å². The fraction of sp³-hybridized carbons (Fsp3) is 0.231. The van der Waals surface area contributed by atoms with E-state index in [1.54, 1.807) is 6.26 Å². The van der Waals surface area contributed by atoms with Crippen molar-refractivity contribution in [2.75, 3.05) is 7.05 Å². The van der Waals surface area contributed by atoms with Gasteiger partial charge in [-0.3, -0.25) is 0 Å². The van der Waals surface area contributed by atoms with Crippen molar-refractivity contribution in [1.29, 1.82) is 0 Å². The fourth-order valence-corrected chi connectivity index (χ4v) is 1.68. The summed E-state index contributed by atoms with van der Waals surface area (Å²) in [6.45, 7) is 0. The van der Waals surface area contributed by atoms with Crippen molar-refractivity contribution in [2.45, 2.75) is 12.5 Å². The minimum absolute atomic E-state index is 0.252. The number of likely N-dealkylation sites (N-methyl/N-ethyl adjacent to an activating group) is 1. The fourth-order valence-electron chi connectivity index (χ4n) is 1.68. The third kappa shape index (κ3) is 2.48. The quantitative estimate of drug-likeness (QED) is 0.822. The summed E-state index contributed by atoms with van der Waals surface area (Å²) in [5.74, 6) is 0.987. The molecular weight excluding hydrogens is 186 g/mol. The molecule has 0 bridgehead atoms. The highest BCUT2D eigenvalue weighted by Crippen LogP contribution is 2.18. The summed E-state index contributed by atoms with van der Waals surface area (Å²) >= 11 is 0. The summed E-state index contributed by atoms with van der Waals surface area (Å²) in [5.41, 5.74) is 1.31. The molecule has 2 rings (SSSR count). The van der Waals surface area contributed by atoms with Crippen LogP contribution in [0.4, 0.5) is 0 Å². The summed E-state index contributed by atoms with van der Waals surface area (Å²) in [6, 6.07) is 14.6. The molecule has 1 aromatic heterocycles. The standard InChI is InChI=1S/C13H15NO/c1-14-12(13-8-5-9-15-13)10-11-6-3-2-4-7-11/h2-9,12,14H,10H2,1H3. The first-order valence-corrected chi connectivity index (χ1v) is 5.15. The lowest BCUT2D eigenvalue weighted by molar-refractivity contribution is 0.429. The molecule has 0 fully saturated rings. The van der Waals surface area contributed by atoms with E-state index in [0.717, 1.165) is 12.2 Å². The number of nitrogens with one attached hydrogen (secondary N) is 1. The number of hydrogen-bond donors (Lipinski definition) is 1. The Morgan fingerprint density at radius 1 is 1.13 bits per heavy atom. The van der Waals surface area contributed by atoms with Crippen molar-refractivity contribution in [3.05, 3.63) is 60.1 Å². The first-order valence-electron chi connectivity index (χ1n) is 5.15. The van der Waals surface area contributed by atoms with Gasteiger partial charge < -0.3 is 9.73 Å². The monoisotopic (exact) mass is 201 g/mol. The van der Waals surface area contributed by atoms with E-state index in [-0.39, 0.29) is 6.04 Å². The van der Waals surface area contributed by atoms with Gasteiger partial charge in [0.1, 0.15) is 5.76 Å². The van der Waals surface area contributed by atoms with Crippen molar-refractivity contribution in [3.8, 4) is 0 Å². The Balaban J connectivity index is 2.10. The van der Waals surface area contributed by atoms with E-state index in [1.165, 1.54) is 5.56 Å². The number of hydrogen-bond acceptors (Lipinski definition) is 2. The van der Waals surface area contributed by atoms with Gasteiger partial charge in [0.05, 0.1) is 12.3 Å². The molecule has 0 aliphatic heterocycles. The van der Waals surface area contributed by atoms with Gasteiger partial charge in [0.25, 0.3) is 0 Å². The van der Waals surface area contributed by atoms with Crippen LogP contribution in [0.5, 0.6) is 0 Å². The van der Waals surface area contributed by atoms with E-state index in [1.807, 2.05) is 25.2 Å². The molecule has 1 atom stereocenters. The maximum Gasteiger partial charge on any atom is 0.121 e. The highest BCUT2D eigenvalue weighted by molar-refractivity contribution is 5.18. The lowest BCUT2D eigenvalue weighted by atomic mass is 10.0. The first-order chi connectivity index (χ1) is 7.40. The average molecular weight is 201 g/mol. The molecule has 0 spiro atoms. The summed E-state index contributed by atoms with van der Waals surface area (Å²) < 4.78 is 5.40. The molecule has 2 heteroatoms. The molecule has 1 unspecified atom stereocenters. The summed E-state index contributed by atoms with van der Waals surface area (Å²) in [6.07, 6.45) is 2.66. The maximum atomic E-state index is 5.40. The highest BCUT2D eigenvalue weighted by atomic mass is 16.3. The molecule has 1 heterocycles. The molecule has 0 radical (unpaired) electrons. The molecule has 0 amide bonds. The zero-order chi connectivity index (χ0) is 10.5. The van der Waals surface area contributed by atoms with Crippen molar-refractivity contribution >= 4 is 0 Å². The molecule has 78 valence electrons. The third-order valence-electron chi connectivity index (χ3n) is 2.52. The minimum Gasteiger partial charge on any atom is -0.468 e. The Bertz CT molecular complexity index is 380. The second kappa shape index (κ2) is 4.80. The van der Waals surface area contributed by atoms with Gasteiger partial charge in [0.2, 0.25) is 0 Å². The van der Waals surface area contributed by atoms with Crippen molar-refractivity contribution < 1.29 is 4.42 Å². The van der Waals surface area contributed by atoms with E-state index in [4.69, 9.17) is 4.42 Å². The van der Waals surface area contributed by atoms with Gasteiger partial charge in [-0.15, -0.1) is 0 Å². The van der Waals surface area contributed by atoms with Crippen molar-refractivity contribution in [2.24, 2.45) is 0 Å². The largest absolute Gasteiger partial charge is 0.468 e. The molecular formula is C13H15NO. The Kier molecular flexibility index (Phi) is 3.20. The topological polar surface area (TPSA) is 25.2 Å². The molecule has 15 heavy (non-hydrogen) atoms. The Morgan fingerprint density at radius 3 is 2.53 bits per heavy atom. The first kappa shape index (κ1) is 9.99. The van der Waals surface area contributed by atoms with E-state index in [0.29, 0.717) is 0 Å². The van der Waals surface area contributed by atoms with E-state index < -0.39 is 0 Å². The minimum atomic E-state index is 0.252. The normalized spacial score (nSPS) is 12.6. The molecule has 0 aliphatic rings. The Morgan fingerprint density at radius 2 is 1.93 bits per heavy atom. The average Bonchev–Trinajstić information content (AvgIpc) is 2.81. The van der Waals surface area contributed by atoms with Crippen molar-refractivity contribution in [1.82, 2.24) is 5.32 Å². The lowest BCUT2D eigenvalue weighted by Gasteiger charge is -2.13. The number of rotatable bonds is 4. The maximum absolute atomic E-state index is 5.40. The molecule has 2 aromatic rings. The van der Waals surface area contributed by atoms with Crippen LogP contribution in [-0.4, -0.2) is 7.05 Å². The zero-order valence-corrected chi connectivity index (χ0v) is 8.81. The predicted molar refractivity (Wildman–Crippen MR) is 60.7 cm³/mol. The van der Waals surface area contributed by atoms with Gasteiger partial charge in [0, 0.05) is 0 Å². The second-order valence-corrected chi connectivity index (χ2v) is 3.55. The number of benzene rings is 1. The second-order valence-electron chi connectivity index (χ2n) is 3.55.